The molecule has 1 aliphatic rings. The van der Waals surface area contributed by atoms with Gasteiger partial charge in [-0.1, -0.05) is 292 Å². The summed E-state index contributed by atoms with van der Waals surface area (Å²) in [6, 6.07) is 98.8. The maximum absolute atomic E-state index is 10.6. The molecule has 1 aliphatic heterocycles. The maximum Gasteiger partial charge on any atom is 0.168 e. The van der Waals surface area contributed by atoms with Crippen molar-refractivity contribution in [3.05, 3.63) is 337 Å². The number of anilines is 3. The van der Waals surface area contributed by atoms with Crippen molar-refractivity contribution in [2.75, 3.05) is 24.3 Å². The first-order valence-electron chi connectivity index (χ1n) is 38.7. The number of imidazole rings is 3. The number of methoxy groups -OCH3 is 1. The fourth-order valence-electron chi connectivity index (χ4n) is 15.9. The minimum Gasteiger partial charge on any atom is -0.504 e. The Morgan fingerprint density at radius 2 is 0.991 bits per heavy atom. The smallest absolute Gasteiger partial charge is 0.168 e. The van der Waals surface area contributed by atoms with Crippen LogP contribution >= 0.6 is 27.7 Å². The Morgan fingerprint density at radius 1 is 0.491 bits per heavy atom. The van der Waals surface area contributed by atoms with Crippen LogP contribution < -0.4 is 15.4 Å². The van der Waals surface area contributed by atoms with Crippen molar-refractivity contribution in [2.45, 2.75) is 62.4 Å². The number of aromatic hydroxyl groups is 1. The van der Waals surface area contributed by atoms with Gasteiger partial charge in [0.2, 0.25) is 0 Å². The zero-order valence-electron chi connectivity index (χ0n) is 63.7. The fourth-order valence-corrected chi connectivity index (χ4v) is 17.5. The quantitative estimate of drug-likeness (QED) is 0.0630. The van der Waals surface area contributed by atoms with Crippen molar-refractivity contribution < 1.29 is 9.84 Å². The summed E-state index contributed by atoms with van der Waals surface area (Å²) in [4.78, 5) is 33.5. The van der Waals surface area contributed by atoms with Gasteiger partial charge in [0.25, 0.3) is 0 Å². The van der Waals surface area contributed by atoms with Crippen molar-refractivity contribution in [3.8, 4) is 45.7 Å². The third-order valence-corrected chi connectivity index (χ3v) is 23.2. The third kappa shape index (κ3) is 14.3. The lowest BCUT2D eigenvalue weighted by atomic mass is 9.98. The van der Waals surface area contributed by atoms with Crippen molar-refractivity contribution >= 4 is 155 Å². The molecule has 0 radical (unpaired) electrons. The number of nitrogens with one attached hydrogen (secondary N) is 1. The van der Waals surface area contributed by atoms with Crippen molar-refractivity contribution in [1.82, 2.24) is 39.0 Å². The van der Waals surface area contributed by atoms with Crippen LogP contribution in [0.15, 0.2) is 325 Å². The number of halogens is 1. The van der Waals surface area contributed by atoms with Gasteiger partial charge in [0.1, 0.15) is 17.5 Å². The van der Waals surface area contributed by atoms with Crippen molar-refractivity contribution in [2.24, 2.45) is 5.92 Å². The number of unbranched alkanes of at least 4 members (excludes halogenated alkanes) is 1. The lowest BCUT2D eigenvalue weighted by Crippen LogP contribution is -2.27. The van der Waals surface area contributed by atoms with Gasteiger partial charge in [-0.05, 0) is 135 Å². The Labute approximate surface area is 674 Å². The Hall–Kier alpha value is -13.1. The number of rotatable bonds is 16. The number of benzene rings is 14. The molecule has 114 heavy (non-hydrogen) atoms. The average Bonchev–Trinajstić information content (AvgIpc) is 1.56. The van der Waals surface area contributed by atoms with E-state index >= 15 is 0 Å². The van der Waals surface area contributed by atoms with Crippen LogP contribution in [0, 0.1) is 5.92 Å². The number of phenols is 1. The molecule has 1 unspecified atom stereocenters. The predicted octanol–water partition coefficient (Wildman–Crippen LogP) is 26.3. The van der Waals surface area contributed by atoms with Crippen LogP contribution in [0.2, 0.25) is 0 Å². The van der Waals surface area contributed by atoms with Gasteiger partial charge in [-0.15, -0.1) is 0 Å². The molecule has 0 amide bonds. The molecule has 558 valence electrons. The second kappa shape index (κ2) is 32.7. The molecule has 20 rings (SSSR count). The number of phenolic OH excluding ortho intramolecular Hbond substituents is 1. The summed E-state index contributed by atoms with van der Waals surface area (Å²) in [7, 11) is 1.53. The highest BCUT2D eigenvalue weighted by molar-refractivity contribution is 9.10. The highest BCUT2D eigenvalue weighted by atomic mass is 79.9. The van der Waals surface area contributed by atoms with E-state index in [2.05, 4.69) is 267 Å². The van der Waals surface area contributed by atoms with Gasteiger partial charge < -0.3 is 34.6 Å². The number of H-pyrrole nitrogens is 1. The first kappa shape index (κ1) is 73.6. The number of hydrogen-bond donors (Lipinski definition) is 3. The summed E-state index contributed by atoms with van der Waals surface area (Å²) in [5.74, 6) is 3.66. The Morgan fingerprint density at radius 3 is 1.59 bits per heavy atom. The number of nitrogens with two attached hydrogens (primary N) is 1. The molecule has 0 bridgehead atoms. The zero-order valence-corrected chi connectivity index (χ0v) is 66.1. The van der Waals surface area contributed by atoms with Gasteiger partial charge in [0.15, 0.2) is 11.5 Å². The lowest BCUT2D eigenvalue weighted by molar-refractivity contribution is 0.374. The Balaban J connectivity index is 0.000000123. The van der Waals surface area contributed by atoms with Gasteiger partial charge in [0, 0.05) is 95.4 Å². The number of aromatic nitrogens is 8. The Bertz CT molecular complexity index is 6730. The topological polar surface area (TPSA) is 149 Å². The maximum atomic E-state index is 10.6. The molecule has 0 aliphatic carbocycles. The van der Waals surface area contributed by atoms with Crippen LogP contribution in [0.25, 0.3) is 144 Å². The summed E-state index contributed by atoms with van der Waals surface area (Å²) in [5, 5.41) is 22.1. The molecule has 5 aromatic heterocycles. The Kier molecular flexibility index (Phi) is 21.1. The number of pyridine rings is 2. The highest BCUT2D eigenvalue weighted by Crippen LogP contribution is 2.51. The average molecular weight is 1570 g/mol. The number of ether oxygens (including phenoxy) is 1. The van der Waals surface area contributed by atoms with E-state index in [0.717, 1.165) is 123 Å². The van der Waals surface area contributed by atoms with E-state index in [0.29, 0.717) is 29.6 Å². The molecule has 0 saturated heterocycles. The number of hydrogen-bond acceptors (Lipinski definition) is 10. The van der Waals surface area contributed by atoms with E-state index in [-0.39, 0.29) is 5.75 Å². The van der Waals surface area contributed by atoms with Gasteiger partial charge >= 0.3 is 0 Å². The molecule has 0 fully saturated rings. The number of aromatic amines is 1. The summed E-state index contributed by atoms with van der Waals surface area (Å²) in [5.41, 5.74) is 24.2. The summed E-state index contributed by atoms with van der Waals surface area (Å²) >= 11 is 5.36. The van der Waals surface area contributed by atoms with Gasteiger partial charge in [-0.2, -0.15) is 0 Å². The first-order valence-corrected chi connectivity index (χ1v) is 40.3. The van der Waals surface area contributed by atoms with E-state index in [9.17, 15) is 5.11 Å². The van der Waals surface area contributed by atoms with Crippen LogP contribution in [0.1, 0.15) is 61.8 Å². The predicted molar refractivity (Wildman–Crippen MR) is 481 cm³/mol. The molecule has 1 atom stereocenters. The van der Waals surface area contributed by atoms with Gasteiger partial charge in [-0.3, -0.25) is 9.97 Å². The third-order valence-electron chi connectivity index (χ3n) is 21.6. The van der Waals surface area contributed by atoms with E-state index in [1.807, 2.05) is 115 Å². The van der Waals surface area contributed by atoms with Crippen LogP contribution in [0.3, 0.4) is 0 Å². The highest BCUT2D eigenvalue weighted by Gasteiger charge is 2.29. The van der Waals surface area contributed by atoms with Crippen LogP contribution in [0.4, 0.5) is 17.1 Å². The minimum absolute atomic E-state index is 0.0633. The molecular formula is C100H83BrN10O2S. The van der Waals surface area contributed by atoms with Crippen LogP contribution in [0.5, 0.6) is 11.5 Å². The number of nitrogens with zero attached hydrogens (tertiary/aromatic N) is 8. The molecule has 14 heteroatoms. The number of para-hydroxylation sites is 2. The lowest BCUT2D eigenvalue weighted by Gasteiger charge is -2.35. The van der Waals surface area contributed by atoms with Crippen molar-refractivity contribution in [3.63, 3.8) is 0 Å². The molecule has 6 heterocycles. The molecule has 14 aromatic carbocycles. The standard InChI is InChI=1S/C44H41N3S.C28H20N4.C22H15BrN2O2.C6H7N/c1-4-7-14-31(6-3)28-46-38-19-12-13-20-40(38)48-41-27-33(25-26-39(41)46)44-45-42-36-17-10-8-15-34(36)35-16-9-11-18-37(35)43(42)47(44)29-32-23-21-30(5-2)22-24-32;1-2-19-12-14-20(15-13-19)18-32-27-23-11-7-17-30-25(23)24-22(10-6-16-29-24)26(27)31-28(32)21-8-4-3-5-9-21;1-27-18-11-12(23)10-17(21(18)26)22-24-19-15-8-4-2-6-13(15)14-7-3-5-9-16(14)20(19)25-22;7-6-4-2-1-3-5-6/h5,8-13,15-27,31H,2,4,6-7,14,28-29H2,1,3H3;2-17H,1,18H2;2-11,26H,1H3,(H,24,25);1-5H,7H2. The second-order valence-electron chi connectivity index (χ2n) is 28.7. The van der Waals surface area contributed by atoms with E-state index in [1.165, 1.54) is 97.5 Å². The monoisotopic (exact) mass is 1570 g/mol. The first-order chi connectivity index (χ1) is 56.1. The summed E-state index contributed by atoms with van der Waals surface area (Å²) < 4.78 is 10.8. The molecular weight excluding hydrogens is 1490 g/mol. The SMILES string of the molecule is C=Cc1ccc(Cn2c(-c3ccc4c(c3)Sc3ccccc3N4CC(CC)CCCC)nc3c4ccccc4c4ccccc4c32)cc1.C=Cc1ccc(Cn2c(-c3ccccc3)nc3c4cccnc4c4ncccc4c32)cc1.COc1cc(Br)cc(-c2nc3c4ccccc4c4ccccc4c3[nH]2)c1O.Nc1ccccc1. The number of fused-ring (bicyclic) bond motifs is 20. The molecule has 0 saturated carbocycles. The minimum atomic E-state index is 0.0633. The van der Waals surface area contributed by atoms with E-state index in [4.69, 9.17) is 30.4 Å². The van der Waals surface area contributed by atoms with Crippen LogP contribution in [-0.2, 0) is 13.1 Å². The van der Waals surface area contributed by atoms with Gasteiger partial charge in [0.05, 0.1) is 68.2 Å². The normalized spacial score (nSPS) is 12.0. The van der Waals surface area contributed by atoms with E-state index < -0.39 is 0 Å². The fraction of sp³-hybridized carbons (Fsp3) is 0.110. The zero-order chi connectivity index (χ0) is 77.8. The van der Waals surface area contributed by atoms with Gasteiger partial charge in [-0.25, -0.2) is 15.0 Å². The molecule has 4 N–H and O–H groups in total. The largest absolute Gasteiger partial charge is 0.504 e. The summed E-state index contributed by atoms with van der Waals surface area (Å²) in [6.45, 7) is 14.9. The molecule has 19 aromatic rings. The summed E-state index contributed by atoms with van der Waals surface area (Å²) in [6.07, 6.45) is 12.4. The second-order valence-corrected chi connectivity index (χ2v) is 30.7. The van der Waals surface area contributed by atoms with E-state index in [1.54, 1.807) is 6.07 Å². The molecule has 0 spiro atoms. The number of nitrogen functional groups attached to an aromatic ring is 1. The molecule has 12 nitrogen and oxygen atoms in total. The van der Waals surface area contributed by atoms with Crippen LogP contribution in [-0.4, -0.2) is 57.8 Å². The van der Waals surface area contributed by atoms with Crippen molar-refractivity contribution in [1.29, 1.82) is 0 Å².